The Balaban J connectivity index is 1.57. The fourth-order valence-corrected chi connectivity index (χ4v) is 4.19. The monoisotopic (exact) mass is 407 g/mol. The van der Waals surface area contributed by atoms with Crippen LogP contribution < -0.4 is 10.2 Å². The van der Waals surface area contributed by atoms with E-state index in [1.165, 1.54) is 0 Å². The summed E-state index contributed by atoms with van der Waals surface area (Å²) in [5.41, 5.74) is 0.557. The highest BCUT2D eigenvalue weighted by atomic mass is 35.5. The molecule has 3 rings (SSSR count). The van der Waals surface area contributed by atoms with Gasteiger partial charge in [0.05, 0.1) is 18.1 Å². The van der Waals surface area contributed by atoms with Gasteiger partial charge in [-0.25, -0.2) is 0 Å². The Bertz CT molecular complexity index is 729. The van der Waals surface area contributed by atoms with Crippen molar-refractivity contribution in [3.05, 3.63) is 29.3 Å². The van der Waals surface area contributed by atoms with Crippen LogP contribution in [0, 0.1) is 5.92 Å². The predicted octanol–water partition coefficient (Wildman–Crippen LogP) is 2.70. The summed E-state index contributed by atoms with van der Waals surface area (Å²) in [6.45, 7) is 11.0. The van der Waals surface area contributed by atoms with Gasteiger partial charge in [-0.05, 0) is 45.9 Å². The molecule has 28 heavy (non-hydrogen) atoms. The van der Waals surface area contributed by atoms with Crippen molar-refractivity contribution in [2.45, 2.75) is 51.9 Å². The molecule has 0 radical (unpaired) electrons. The van der Waals surface area contributed by atoms with E-state index in [1.807, 2.05) is 12.1 Å². The van der Waals surface area contributed by atoms with Crippen molar-refractivity contribution in [1.29, 1.82) is 0 Å². The Hall–Kier alpha value is -1.63. The van der Waals surface area contributed by atoms with Crippen LogP contribution in [0.5, 0.6) is 0 Å². The minimum atomic E-state index is -0.343. The normalized spacial score (nSPS) is 26.5. The van der Waals surface area contributed by atoms with Crippen LogP contribution >= 0.6 is 11.6 Å². The first-order valence-corrected chi connectivity index (χ1v) is 10.3. The smallest absolute Gasteiger partial charge is 0.227 e. The molecule has 3 atom stereocenters. The molecule has 7 heteroatoms. The molecule has 2 fully saturated rings. The molecule has 1 aromatic rings. The van der Waals surface area contributed by atoms with E-state index in [2.05, 4.69) is 37.9 Å². The maximum atomic E-state index is 12.7. The van der Waals surface area contributed by atoms with Gasteiger partial charge in [-0.2, -0.15) is 0 Å². The lowest BCUT2D eigenvalue weighted by Crippen LogP contribution is -2.59. The van der Waals surface area contributed by atoms with E-state index in [0.29, 0.717) is 18.1 Å². The van der Waals surface area contributed by atoms with Gasteiger partial charge in [0.1, 0.15) is 0 Å². The number of morpholine rings is 1. The number of hydrogen-bond donors (Lipinski definition) is 1. The molecule has 0 bridgehead atoms. The standard InChI is InChI=1S/C21H30ClN3O3/c1-14-10-24(11-15(2)28-14)21(3,4)13-23-20(27)16-8-19(26)25(12-16)18-7-5-6-17(22)9-18/h5-7,9,14-16H,8,10-13H2,1-4H3,(H,23,27). The molecule has 2 saturated heterocycles. The van der Waals surface area contributed by atoms with Gasteiger partial charge in [-0.15, -0.1) is 0 Å². The highest BCUT2D eigenvalue weighted by molar-refractivity contribution is 6.31. The Morgan fingerprint density at radius 3 is 2.57 bits per heavy atom. The third kappa shape index (κ3) is 4.85. The third-order valence-electron chi connectivity index (χ3n) is 5.59. The maximum absolute atomic E-state index is 12.7. The van der Waals surface area contributed by atoms with E-state index in [0.717, 1.165) is 18.8 Å². The molecule has 1 aromatic carbocycles. The SMILES string of the molecule is CC1CN(C(C)(C)CNC(=O)C2CC(=O)N(c3cccc(Cl)c3)C2)CC(C)O1. The minimum Gasteiger partial charge on any atom is -0.373 e. The number of nitrogens with one attached hydrogen (secondary N) is 1. The van der Waals surface area contributed by atoms with Gasteiger partial charge in [-0.3, -0.25) is 14.5 Å². The summed E-state index contributed by atoms with van der Waals surface area (Å²) in [4.78, 5) is 29.1. The summed E-state index contributed by atoms with van der Waals surface area (Å²) in [7, 11) is 0. The number of carbonyl (C=O) groups is 2. The number of anilines is 1. The molecule has 0 aliphatic carbocycles. The van der Waals surface area contributed by atoms with E-state index < -0.39 is 0 Å². The lowest BCUT2D eigenvalue weighted by Gasteiger charge is -2.45. The largest absolute Gasteiger partial charge is 0.373 e. The van der Waals surface area contributed by atoms with E-state index in [-0.39, 0.29) is 41.9 Å². The summed E-state index contributed by atoms with van der Waals surface area (Å²) in [6.07, 6.45) is 0.583. The Labute approximate surface area is 172 Å². The Morgan fingerprint density at radius 1 is 1.25 bits per heavy atom. The van der Waals surface area contributed by atoms with Crippen molar-refractivity contribution in [1.82, 2.24) is 10.2 Å². The van der Waals surface area contributed by atoms with Crippen molar-refractivity contribution in [2.75, 3.05) is 31.1 Å². The lowest BCUT2D eigenvalue weighted by atomic mass is 9.99. The highest BCUT2D eigenvalue weighted by Gasteiger charge is 2.37. The molecular formula is C21H30ClN3O3. The molecule has 3 unspecified atom stereocenters. The van der Waals surface area contributed by atoms with Gasteiger partial charge in [0.25, 0.3) is 0 Å². The zero-order valence-corrected chi connectivity index (χ0v) is 17.8. The average molecular weight is 408 g/mol. The Morgan fingerprint density at radius 2 is 1.93 bits per heavy atom. The van der Waals surface area contributed by atoms with Crippen molar-refractivity contribution >= 4 is 29.1 Å². The fourth-order valence-electron chi connectivity index (χ4n) is 4.01. The topological polar surface area (TPSA) is 61.9 Å². The van der Waals surface area contributed by atoms with Crippen LogP contribution in [0.3, 0.4) is 0 Å². The summed E-state index contributed by atoms with van der Waals surface area (Å²) >= 11 is 6.03. The summed E-state index contributed by atoms with van der Waals surface area (Å²) < 4.78 is 5.81. The first-order chi connectivity index (χ1) is 13.2. The first kappa shape index (κ1) is 21.1. The third-order valence-corrected chi connectivity index (χ3v) is 5.82. The molecule has 6 nitrogen and oxygen atoms in total. The number of rotatable bonds is 5. The van der Waals surface area contributed by atoms with Gasteiger partial charge in [-0.1, -0.05) is 17.7 Å². The number of ether oxygens (including phenoxy) is 1. The lowest BCUT2D eigenvalue weighted by molar-refractivity contribution is -0.127. The second kappa shape index (κ2) is 8.39. The number of carbonyl (C=O) groups excluding carboxylic acids is 2. The van der Waals surface area contributed by atoms with Crippen molar-refractivity contribution in [3.8, 4) is 0 Å². The molecular weight excluding hydrogens is 378 g/mol. The van der Waals surface area contributed by atoms with Crippen LogP contribution in [0.1, 0.15) is 34.1 Å². The molecule has 2 amide bonds. The van der Waals surface area contributed by atoms with Crippen LogP contribution in [0.25, 0.3) is 0 Å². The molecule has 2 aliphatic heterocycles. The van der Waals surface area contributed by atoms with E-state index >= 15 is 0 Å². The molecule has 2 aliphatic rings. The van der Waals surface area contributed by atoms with Gasteiger partial charge in [0, 0.05) is 48.8 Å². The van der Waals surface area contributed by atoms with Crippen LogP contribution in [-0.4, -0.2) is 60.6 Å². The highest BCUT2D eigenvalue weighted by Crippen LogP contribution is 2.27. The minimum absolute atomic E-state index is 0.0440. The summed E-state index contributed by atoms with van der Waals surface area (Å²) in [6, 6.07) is 7.17. The van der Waals surface area contributed by atoms with Crippen molar-refractivity contribution in [3.63, 3.8) is 0 Å². The summed E-state index contributed by atoms with van der Waals surface area (Å²) in [5.74, 6) is -0.456. The molecule has 0 saturated carbocycles. The number of halogens is 1. The molecule has 154 valence electrons. The second-order valence-electron chi connectivity index (χ2n) is 8.58. The zero-order valence-electron chi connectivity index (χ0n) is 17.1. The van der Waals surface area contributed by atoms with Gasteiger partial charge < -0.3 is 15.0 Å². The Kier molecular flexibility index (Phi) is 6.32. The maximum Gasteiger partial charge on any atom is 0.227 e. The number of hydrogen-bond acceptors (Lipinski definition) is 4. The molecule has 1 N–H and O–H groups in total. The average Bonchev–Trinajstić information content (AvgIpc) is 3.01. The number of amides is 2. The van der Waals surface area contributed by atoms with Crippen molar-refractivity contribution < 1.29 is 14.3 Å². The first-order valence-electron chi connectivity index (χ1n) is 9.90. The van der Waals surface area contributed by atoms with Crippen LogP contribution in [0.4, 0.5) is 5.69 Å². The van der Waals surface area contributed by atoms with Crippen molar-refractivity contribution in [2.24, 2.45) is 5.92 Å². The number of nitrogens with zero attached hydrogens (tertiary/aromatic N) is 2. The van der Waals surface area contributed by atoms with E-state index in [4.69, 9.17) is 16.3 Å². The quantitative estimate of drug-likeness (QED) is 0.815. The van der Waals surface area contributed by atoms with Gasteiger partial charge >= 0.3 is 0 Å². The molecule has 0 aromatic heterocycles. The van der Waals surface area contributed by atoms with Crippen LogP contribution in [-0.2, 0) is 14.3 Å². The second-order valence-corrected chi connectivity index (χ2v) is 9.01. The summed E-state index contributed by atoms with van der Waals surface area (Å²) in [5, 5.41) is 3.65. The van der Waals surface area contributed by atoms with Crippen LogP contribution in [0.15, 0.2) is 24.3 Å². The zero-order chi connectivity index (χ0) is 20.5. The fraction of sp³-hybridized carbons (Fsp3) is 0.619. The molecule has 2 heterocycles. The number of benzene rings is 1. The molecule has 0 spiro atoms. The van der Waals surface area contributed by atoms with Gasteiger partial charge in [0.2, 0.25) is 11.8 Å². The van der Waals surface area contributed by atoms with Crippen LogP contribution in [0.2, 0.25) is 5.02 Å². The predicted molar refractivity (Wildman–Crippen MR) is 111 cm³/mol. The van der Waals surface area contributed by atoms with Gasteiger partial charge in [0.15, 0.2) is 0 Å². The van der Waals surface area contributed by atoms with E-state index in [9.17, 15) is 9.59 Å². The van der Waals surface area contributed by atoms with E-state index in [1.54, 1.807) is 17.0 Å².